The van der Waals surface area contributed by atoms with Gasteiger partial charge in [0, 0.05) is 13.1 Å². The van der Waals surface area contributed by atoms with Gasteiger partial charge in [0.15, 0.2) is 6.61 Å². The second kappa shape index (κ2) is 11.6. The Balaban J connectivity index is 1.51. The average molecular weight is 489 g/mol. The molecule has 10 nitrogen and oxygen atoms in total. The van der Waals surface area contributed by atoms with Crippen molar-refractivity contribution in [2.24, 2.45) is 5.10 Å². The van der Waals surface area contributed by atoms with Crippen LogP contribution in [0.4, 0.5) is 5.69 Å². The number of sulfonamides is 1. The average Bonchev–Trinajstić information content (AvgIpc) is 2.82. The van der Waals surface area contributed by atoms with Crippen molar-refractivity contribution in [3.8, 4) is 5.75 Å². The lowest BCUT2D eigenvalue weighted by Gasteiger charge is -2.26. The van der Waals surface area contributed by atoms with E-state index in [1.807, 2.05) is 0 Å². The Labute approximate surface area is 199 Å². The predicted octanol–water partition coefficient (Wildman–Crippen LogP) is 1.15. The van der Waals surface area contributed by atoms with Gasteiger partial charge in [-0.05, 0) is 48.4 Å². The quantitative estimate of drug-likeness (QED) is 0.418. The molecule has 11 heteroatoms. The molecule has 182 valence electrons. The van der Waals surface area contributed by atoms with Gasteiger partial charge in [0.1, 0.15) is 12.3 Å². The molecule has 0 aromatic heterocycles. The van der Waals surface area contributed by atoms with Crippen molar-refractivity contribution in [3.63, 3.8) is 0 Å². The van der Waals surface area contributed by atoms with E-state index in [0.717, 1.165) is 16.1 Å². The van der Waals surface area contributed by atoms with E-state index >= 15 is 0 Å². The molecule has 0 saturated carbocycles. The Morgan fingerprint density at radius 3 is 2.47 bits per heavy atom. The number of hydrogen-bond donors (Lipinski definition) is 1. The fraction of sp³-hybridized carbons (Fsp3) is 0.348. The first-order valence-electron chi connectivity index (χ1n) is 10.7. The number of aryl methyl sites for hydroxylation is 1. The molecule has 3 rings (SSSR count). The first kappa shape index (κ1) is 25.2. The summed E-state index contributed by atoms with van der Waals surface area (Å²) in [5.41, 5.74) is 4.20. The van der Waals surface area contributed by atoms with Crippen LogP contribution in [0.25, 0.3) is 0 Å². The minimum absolute atomic E-state index is 0.0543. The summed E-state index contributed by atoms with van der Waals surface area (Å²) in [6, 6.07) is 13.8. The van der Waals surface area contributed by atoms with Gasteiger partial charge in [-0.15, -0.1) is 0 Å². The number of para-hydroxylation sites is 1. The second-order valence-electron chi connectivity index (χ2n) is 7.70. The van der Waals surface area contributed by atoms with E-state index in [1.54, 1.807) is 60.4 Å². The van der Waals surface area contributed by atoms with Crippen molar-refractivity contribution in [2.75, 3.05) is 50.0 Å². The van der Waals surface area contributed by atoms with Crippen LogP contribution in [0, 0.1) is 6.92 Å². The van der Waals surface area contributed by atoms with Crippen LogP contribution in [0.3, 0.4) is 0 Å². The highest BCUT2D eigenvalue weighted by Gasteiger charge is 2.22. The highest BCUT2D eigenvalue weighted by molar-refractivity contribution is 7.92. The molecular weight excluding hydrogens is 460 g/mol. The molecule has 0 atom stereocenters. The van der Waals surface area contributed by atoms with E-state index < -0.39 is 22.5 Å². The first-order valence-corrected chi connectivity index (χ1v) is 12.5. The van der Waals surface area contributed by atoms with Crippen LogP contribution in [0.5, 0.6) is 5.75 Å². The van der Waals surface area contributed by atoms with Crippen LogP contribution >= 0.6 is 0 Å². The number of morpholine rings is 1. The molecule has 1 saturated heterocycles. The molecule has 1 aliphatic rings. The lowest BCUT2D eigenvalue weighted by atomic mass is 10.2. The van der Waals surface area contributed by atoms with Crippen LogP contribution in [-0.4, -0.2) is 77.1 Å². The minimum Gasteiger partial charge on any atom is -0.484 e. The molecule has 0 radical (unpaired) electrons. The number of anilines is 1. The molecule has 2 amide bonds. The third kappa shape index (κ3) is 7.29. The smallest absolute Gasteiger partial charge is 0.260 e. The van der Waals surface area contributed by atoms with E-state index in [1.165, 1.54) is 6.21 Å². The second-order valence-corrected chi connectivity index (χ2v) is 9.61. The summed E-state index contributed by atoms with van der Waals surface area (Å²) in [5.74, 6) is -0.137. The fourth-order valence-electron chi connectivity index (χ4n) is 3.27. The maximum absolute atomic E-state index is 12.3. The highest BCUT2D eigenvalue weighted by Crippen LogP contribution is 2.21. The zero-order chi connectivity index (χ0) is 24.6. The Morgan fingerprint density at radius 1 is 1.15 bits per heavy atom. The molecule has 1 aliphatic heterocycles. The van der Waals surface area contributed by atoms with Gasteiger partial charge in [-0.1, -0.05) is 18.2 Å². The van der Waals surface area contributed by atoms with Crippen LogP contribution in [0.2, 0.25) is 0 Å². The van der Waals surface area contributed by atoms with Crippen molar-refractivity contribution < 1.29 is 27.5 Å². The third-order valence-corrected chi connectivity index (χ3v) is 6.21. The first-order chi connectivity index (χ1) is 16.2. The van der Waals surface area contributed by atoms with Gasteiger partial charge in [-0.2, -0.15) is 5.10 Å². The molecule has 2 aromatic rings. The van der Waals surface area contributed by atoms with Gasteiger partial charge in [0.25, 0.3) is 11.8 Å². The van der Waals surface area contributed by atoms with Crippen molar-refractivity contribution in [1.29, 1.82) is 0 Å². The third-order valence-electron chi connectivity index (χ3n) is 5.08. The standard InChI is InChI=1S/C23H28N4O6S/c1-18-5-3-4-6-21(18)27(34(2,30)31)16-22(28)25-24-15-19-7-9-20(10-8-19)33-17-23(29)26-11-13-32-14-12-26/h3-10,15H,11-14,16-17H2,1-2H3,(H,25,28)/b24-15-. The van der Waals surface area contributed by atoms with Gasteiger partial charge in [-0.25, -0.2) is 13.8 Å². The summed E-state index contributed by atoms with van der Waals surface area (Å²) in [4.78, 5) is 26.2. The number of nitrogens with one attached hydrogen (secondary N) is 1. The molecule has 1 heterocycles. The number of carbonyl (C=O) groups excluding carboxylic acids is 2. The van der Waals surface area contributed by atoms with E-state index in [9.17, 15) is 18.0 Å². The number of amides is 2. The lowest BCUT2D eigenvalue weighted by molar-refractivity contribution is -0.137. The fourth-order valence-corrected chi connectivity index (χ4v) is 4.18. The summed E-state index contributed by atoms with van der Waals surface area (Å²) >= 11 is 0. The van der Waals surface area contributed by atoms with E-state index in [4.69, 9.17) is 9.47 Å². The molecule has 0 bridgehead atoms. The number of ether oxygens (including phenoxy) is 2. The lowest BCUT2D eigenvalue weighted by Crippen LogP contribution is -2.42. The summed E-state index contributed by atoms with van der Waals surface area (Å²) in [7, 11) is -3.66. The van der Waals surface area contributed by atoms with Gasteiger partial charge < -0.3 is 14.4 Å². The monoisotopic (exact) mass is 488 g/mol. The van der Waals surface area contributed by atoms with Gasteiger partial charge in [0.05, 0.1) is 31.4 Å². The summed E-state index contributed by atoms with van der Waals surface area (Å²) in [6.07, 6.45) is 2.48. The van der Waals surface area contributed by atoms with Crippen LogP contribution in [0.1, 0.15) is 11.1 Å². The van der Waals surface area contributed by atoms with Gasteiger partial charge >= 0.3 is 0 Å². The van der Waals surface area contributed by atoms with Crippen LogP contribution in [0.15, 0.2) is 53.6 Å². The Hall–Kier alpha value is -3.44. The summed E-state index contributed by atoms with van der Waals surface area (Å²) < 4.78 is 36.2. The van der Waals surface area contributed by atoms with Gasteiger partial charge in [0.2, 0.25) is 10.0 Å². The van der Waals surface area contributed by atoms with Crippen molar-refractivity contribution in [3.05, 3.63) is 59.7 Å². The maximum Gasteiger partial charge on any atom is 0.260 e. The number of nitrogens with zero attached hydrogens (tertiary/aromatic N) is 3. The number of carbonyl (C=O) groups is 2. The largest absolute Gasteiger partial charge is 0.484 e. The molecule has 2 aromatic carbocycles. The van der Waals surface area contributed by atoms with Crippen molar-refractivity contribution >= 4 is 33.7 Å². The van der Waals surface area contributed by atoms with Crippen LogP contribution in [-0.2, 0) is 24.3 Å². The van der Waals surface area contributed by atoms with E-state index in [-0.39, 0.29) is 12.5 Å². The summed E-state index contributed by atoms with van der Waals surface area (Å²) in [5, 5.41) is 3.90. The zero-order valence-corrected chi connectivity index (χ0v) is 20.0. The SMILES string of the molecule is Cc1ccccc1N(CC(=O)N/N=C\c1ccc(OCC(=O)N2CCOCC2)cc1)S(C)(=O)=O. The molecular formula is C23H28N4O6S. The zero-order valence-electron chi connectivity index (χ0n) is 19.1. The number of benzene rings is 2. The van der Waals surface area contributed by atoms with Crippen molar-refractivity contribution in [1.82, 2.24) is 10.3 Å². The molecule has 34 heavy (non-hydrogen) atoms. The van der Waals surface area contributed by atoms with Gasteiger partial charge in [-0.3, -0.25) is 13.9 Å². The number of hydrogen-bond acceptors (Lipinski definition) is 7. The topological polar surface area (TPSA) is 118 Å². The predicted molar refractivity (Wildman–Crippen MR) is 128 cm³/mol. The number of hydrazone groups is 1. The van der Waals surface area contributed by atoms with E-state index in [2.05, 4.69) is 10.5 Å². The summed E-state index contributed by atoms with van der Waals surface area (Å²) in [6.45, 7) is 3.52. The molecule has 1 fully saturated rings. The Bertz CT molecular complexity index is 1130. The minimum atomic E-state index is -3.66. The Kier molecular flexibility index (Phi) is 8.61. The van der Waals surface area contributed by atoms with Crippen LogP contribution < -0.4 is 14.5 Å². The number of rotatable bonds is 9. The Morgan fingerprint density at radius 2 is 1.82 bits per heavy atom. The molecule has 1 N–H and O–H groups in total. The maximum atomic E-state index is 12.3. The molecule has 0 spiro atoms. The van der Waals surface area contributed by atoms with E-state index in [0.29, 0.717) is 43.3 Å². The molecule has 0 unspecified atom stereocenters. The molecule has 0 aliphatic carbocycles. The van der Waals surface area contributed by atoms with Crippen molar-refractivity contribution in [2.45, 2.75) is 6.92 Å². The normalized spacial score (nSPS) is 14.1. The highest BCUT2D eigenvalue weighted by atomic mass is 32.2.